The van der Waals surface area contributed by atoms with E-state index in [2.05, 4.69) is 22.1 Å². The number of aromatic nitrogens is 5. The predicted octanol–water partition coefficient (Wildman–Crippen LogP) is 2.02. The van der Waals surface area contributed by atoms with Gasteiger partial charge in [-0.05, 0) is 25.5 Å². The van der Waals surface area contributed by atoms with Crippen LogP contribution in [0.3, 0.4) is 0 Å². The first-order valence-corrected chi connectivity index (χ1v) is 7.59. The zero-order valence-corrected chi connectivity index (χ0v) is 13.4. The number of nitrogens with zero attached hydrogens (tertiary/aromatic N) is 5. The van der Waals surface area contributed by atoms with Gasteiger partial charge in [0, 0.05) is 6.54 Å². The van der Waals surface area contributed by atoms with Crippen molar-refractivity contribution in [2.75, 3.05) is 7.11 Å². The monoisotopic (exact) mass is 313 g/mol. The van der Waals surface area contributed by atoms with Gasteiger partial charge in [-0.25, -0.2) is 4.98 Å². The Hall–Kier alpha value is -2.70. The highest BCUT2D eigenvalue weighted by atomic mass is 16.5. The summed E-state index contributed by atoms with van der Waals surface area (Å²) in [6, 6.07) is 5.12. The number of hydrogen-bond donors (Lipinski definition) is 0. The van der Waals surface area contributed by atoms with Crippen LogP contribution in [0, 0.1) is 0 Å². The van der Waals surface area contributed by atoms with Gasteiger partial charge in [-0.2, -0.15) is 0 Å². The number of ether oxygens (including phenoxy) is 1. The van der Waals surface area contributed by atoms with E-state index in [1.54, 1.807) is 36.5 Å². The lowest BCUT2D eigenvalue weighted by Crippen LogP contribution is -2.26. The molecule has 0 N–H and O–H groups in total. The molecule has 0 bridgehead atoms. The third-order valence-corrected chi connectivity index (χ3v) is 3.89. The quantitative estimate of drug-likeness (QED) is 0.720. The molecular formula is C16H19N5O2. The third kappa shape index (κ3) is 2.58. The lowest BCUT2D eigenvalue weighted by molar-refractivity contribution is 0.418. The van der Waals surface area contributed by atoms with Crippen LogP contribution in [0.2, 0.25) is 0 Å². The van der Waals surface area contributed by atoms with Crippen molar-refractivity contribution < 1.29 is 4.74 Å². The summed E-state index contributed by atoms with van der Waals surface area (Å²) < 4.78 is 8.84. The Morgan fingerprint density at radius 2 is 2.13 bits per heavy atom. The molecule has 23 heavy (non-hydrogen) atoms. The highest BCUT2D eigenvalue weighted by molar-refractivity contribution is 5.83. The fourth-order valence-corrected chi connectivity index (χ4v) is 2.72. The lowest BCUT2D eigenvalue weighted by Gasteiger charge is -2.16. The Kier molecular flexibility index (Phi) is 4.10. The van der Waals surface area contributed by atoms with Gasteiger partial charge in [0.15, 0.2) is 5.82 Å². The molecule has 7 nitrogen and oxygen atoms in total. The Bertz CT molecular complexity index is 884. The number of fused-ring (bicyclic) bond motifs is 1. The molecule has 0 aliphatic heterocycles. The zero-order chi connectivity index (χ0) is 16.4. The third-order valence-electron chi connectivity index (χ3n) is 3.89. The lowest BCUT2D eigenvalue weighted by atomic mass is 10.2. The van der Waals surface area contributed by atoms with E-state index >= 15 is 0 Å². The molecule has 0 saturated carbocycles. The second-order valence-corrected chi connectivity index (χ2v) is 5.37. The second kappa shape index (κ2) is 6.20. The van der Waals surface area contributed by atoms with E-state index < -0.39 is 0 Å². The van der Waals surface area contributed by atoms with Crippen LogP contribution in [-0.2, 0) is 6.54 Å². The molecule has 0 amide bonds. The molecule has 0 saturated heterocycles. The average Bonchev–Trinajstić information content (AvgIpc) is 3.02. The molecule has 2 aromatic heterocycles. The Labute approximate surface area is 133 Å². The van der Waals surface area contributed by atoms with Crippen molar-refractivity contribution in [2.45, 2.75) is 32.9 Å². The summed E-state index contributed by atoms with van der Waals surface area (Å²) in [7, 11) is 1.55. The summed E-state index contributed by atoms with van der Waals surface area (Å²) in [5.74, 6) is 1.27. The molecule has 2 heterocycles. The van der Waals surface area contributed by atoms with Gasteiger partial charge in [0.2, 0.25) is 0 Å². The first-order valence-electron chi connectivity index (χ1n) is 7.59. The standard InChI is InChI=1S/C16H19N5O2/c1-4-8-20-10-18-19-15(20)11(2)21-9-17-12-6-5-7-13(23-3)14(12)16(21)22/h5-7,9-11H,4,8H2,1-3H3/t11-/m1/s1. The molecule has 0 unspecified atom stereocenters. The first-order chi connectivity index (χ1) is 11.2. The van der Waals surface area contributed by atoms with Crippen molar-refractivity contribution >= 4 is 10.9 Å². The van der Waals surface area contributed by atoms with Crippen molar-refractivity contribution in [1.82, 2.24) is 24.3 Å². The fraction of sp³-hybridized carbons (Fsp3) is 0.375. The SMILES string of the molecule is CCCn1cnnc1[C@@H](C)n1cnc2cccc(OC)c2c1=O. The summed E-state index contributed by atoms with van der Waals surface area (Å²) >= 11 is 0. The van der Waals surface area contributed by atoms with Gasteiger partial charge >= 0.3 is 0 Å². The van der Waals surface area contributed by atoms with Crippen molar-refractivity contribution in [3.05, 3.63) is 47.0 Å². The van der Waals surface area contributed by atoms with Gasteiger partial charge in [0.25, 0.3) is 5.56 Å². The molecule has 7 heteroatoms. The van der Waals surface area contributed by atoms with Crippen LogP contribution in [0.15, 0.2) is 35.6 Å². The van der Waals surface area contributed by atoms with Crippen molar-refractivity contribution in [3.63, 3.8) is 0 Å². The normalized spacial score (nSPS) is 12.5. The van der Waals surface area contributed by atoms with Crippen LogP contribution in [0.5, 0.6) is 5.75 Å². The van der Waals surface area contributed by atoms with Crippen molar-refractivity contribution in [1.29, 1.82) is 0 Å². The molecular weight excluding hydrogens is 294 g/mol. The van der Waals surface area contributed by atoms with Gasteiger partial charge in [0.05, 0.1) is 25.0 Å². The Morgan fingerprint density at radius 1 is 1.30 bits per heavy atom. The summed E-state index contributed by atoms with van der Waals surface area (Å²) in [6.45, 7) is 4.81. The fourth-order valence-electron chi connectivity index (χ4n) is 2.72. The molecule has 0 aliphatic carbocycles. The molecule has 3 rings (SSSR count). The van der Waals surface area contributed by atoms with E-state index in [0.29, 0.717) is 16.7 Å². The number of aryl methyl sites for hydroxylation is 1. The maximum atomic E-state index is 12.9. The van der Waals surface area contributed by atoms with Crippen LogP contribution >= 0.6 is 0 Å². The van der Waals surface area contributed by atoms with E-state index in [0.717, 1.165) is 18.8 Å². The average molecular weight is 313 g/mol. The molecule has 0 spiro atoms. The number of benzene rings is 1. The Balaban J connectivity index is 2.14. The maximum absolute atomic E-state index is 12.9. The summed E-state index contributed by atoms with van der Waals surface area (Å²) in [5, 5.41) is 8.61. The molecule has 3 aromatic rings. The minimum atomic E-state index is -0.265. The van der Waals surface area contributed by atoms with Gasteiger partial charge in [-0.3, -0.25) is 9.36 Å². The van der Waals surface area contributed by atoms with E-state index in [1.807, 2.05) is 17.6 Å². The highest BCUT2D eigenvalue weighted by Crippen LogP contribution is 2.21. The van der Waals surface area contributed by atoms with Crippen molar-refractivity contribution in [3.8, 4) is 5.75 Å². The molecule has 1 atom stereocenters. The molecule has 120 valence electrons. The summed E-state index contributed by atoms with van der Waals surface area (Å²) in [6.07, 6.45) is 4.21. The predicted molar refractivity (Wildman–Crippen MR) is 86.7 cm³/mol. The second-order valence-electron chi connectivity index (χ2n) is 5.37. The first kappa shape index (κ1) is 15.2. The summed E-state index contributed by atoms with van der Waals surface area (Å²) in [5.41, 5.74) is 0.471. The number of methoxy groups -OCH3 is 1. The smallest absolute Gasteiger partial charge is 0.265 e. The number of hydrogen-bond acceptors (Lipinski definition) is 5. The van der Waals surface area contributed by atoms with E-state index in [9.17, 15) is 4.79 Å². The topological polar surface area (TPSA) is 74.8 Å². The van der Waals surface area contributed by atoms with Crippen molar-refractivity contribution in [2.24, 2.45) is 0 Å². The zero-order valence-electron chi connectivity index (χ0n) is 13.4. The van der Waals surface area contributed by atoms with Crippen LogP contribution < -0.4 is 10.3 Å². The Morgan fingerprint density at radius 3 is 2.87 bits per heavy atom. The molecule has 0 aliphatic rings. The minimum absolute atomic E-state index is 0.147. The van der Waals surface area contributed by atoms with Crippen LogP contribution in [0.25, 0.3) is 10.9 Å². The van der Waals surface area contributed by atoms with Crippen LogP contribution in [0.4, 0.5) is 0 Å². The maximum Gasteiger partial charge on any atom is 0.265 e. The van der Waals surface area contributed by atoms with Crippen LogP contribution in [-0.4, -0.2) is 31.4 Å². The molecule has 0 radical (unpaired) electrons. The van der Waals surface area contributed by atoms with Gasteiger partial charge in [0.1, 0.15) is 17.5 Å². The van der Waals surface area contributed by atoms with E-state index in [1.165, 1.54) is 0 Å². The van der Waals surface area contributed by atoms with Crippen LogP contribution in [0.1, 0.15) is 32.1 Å². The molecule has 0 fully saturated rings. The van der Waals surface area contributed by atoms with Gasteiger partial charge in [-0.15, -0.1) is 10.2 Å². The van der Waals surface area contributed by atoms with Gasteiger partial charge < -0.3 is 9.30 Å². The summed E-state index contributed by atoms with van der Waals surface area (Å²) in [4.78, 5) is 17.3. The number of rotatable bonds is 5. The largest absolute Gasteiger partial charge is 0.496 e. The highest BCUT2D eigenvalue weighted by Gasteiger charge is 2.18. The van der Waals surface area contributed by atoms with Gasteiger partial charge in [-0.1, -0.05) is 13.0 Å². The molecule has 1 aromatic carbocycles. The van der Waals surface area contributed by atoms with E-state index in [-0.39, 0.29) is 11.6 Å². The van der Waals surface area contributed by atoms with E-state index in [4.69, 9.17) is 4.74 Å². The minimum Gasteiger partial charge on any atom is -0.496 e.